The average Bonchev–Trinajstić information content (AvgIpc) is 2.50. The van der Waals surface area contributed by atoms with Gasteiger partial charge in [0.15, 0.2) is 0 Å². The summed E-state index contributed by atoms with van der Waals surface area (Å²) >= 11 is 2.04. The van der Waals surface area contributed by atoms with E-state index in [1.165, 1.54) is 24.3 Å². The van der Waals surface area contributed by atoms with Crippen LogP contribution in [0.25, 0.3) is 0 Å². The van der Waals surface area contributed by atoms with Crippen LogP contribution in [0.5, 0.6) is 0 Å². The molecule has 0 heterocycles. The van der Waals surface area contributed by atoms with Crippen LogP contribution in [0.15, 0.2) is 23.8 Å². The van der Waals surface area contributed by atoms with Gasteiger partial charge in [0, 0.05) is 0 Å². The van der Waals surface area contributed by atoms with Crippen molar-refractivity contribution in [1.82, 2.24) is 0 Å². The van der Waals surface area contributed by atoms with Gasteiger partial charge in [0.1, 0.15) is 0 Å². The molecule has 0 aromatic carbocycles. The minimum absolute atomic E-state index is 1.16. The lowest BCUT2D eigenvalue weighted by molar-refractivity contribution is 0.939. The molecule has 0 fully saturated rings. The molecule has 0 radical (unpaired) electrons. The van der Waals surface area contributed by atoms with Gasteiger partial charge in [-0.1, -0.05) is 30.7 Å². The molecule has 62 valence electrons. The molecule has 0 atom stereocenters. The molecule has 0 aromatic rings. The highest BCUT2D eigenvalue weighted by atomic mass is 32.2. The Morgan fingerprint density at radius 1 is 1.55 bits per heavy atom. The molecule has 0 aromatic heterocycles. The lowest BCUT2D eigenvalue weighted by atomic mass is 10.2. The Hall–Kier alpha value is -0.170. The summed E-state index contributed by atoms with van der Waals surface area (Å²) < 4.78 is 0. The summed E-state index contributed by atoms with van der Waals surface area (Å²) in [5.41, 5.74) is 1.54. The minimum atomic E-state index is 1.16. The third kappa shape index (κ3) is 3.66. The summed E-state index contributed by atoms with van der Waals surface area (Å²) in [7, 11) is 0. The van der Waals surface area contributed by atoms with Crippen molar-refractivity contribution in [2.75, 3.05) is 11.5 Å². The SMILES string of the molecule is CCSCCCC1=CCC=C1. The molecule has 1 heteroatoms. The van der Waals surface area contributed by atoms with Gasteiger partial charge in [0.05, 0.1) is 0 Å². The molecule has 0 saturated heterocycles. The van der Waals surface area contributed by atoms with E-state index in [1.807, 2.05) is 11.8 Å². The third-order valence-electron chi connectivity index (χ3n) is 1.81. The van der Waals surface area contributed by atoms with Crippen molar-refractivity contribution >= 4 is 11.8 Å². The smallest absolute Gasteiger partial charge is 0.00645 e. The number of rotatable bonds is 5. The Labute approximate surface area is 73.8 Å². The van der Waals surface area contributed by atoms with Crippen LogP contribution in [0.4, 0.5) is 0 Å². The zero-order valence-corrected chi connectivity index (χ0v) is 7.99. The van der Waals surface area contributed by atoms with Crippen LogP contribution in [0.1, 0.15) is 26.2 Å². The van der Waals surface area contributed by atoms with E-state index >= 15 is 0 Å². The molecule has 0 nitrogen and oxygen atoms in total. The van der Waals surface area contributed by atoms with E-state index in [1.54, 1.807) is 5.57 Å². The molecule has 0 unspecified atom stereocenters. The third-order valence-corrected chi connectivity index (χ3v) is 2.79. The summed E-state index contributed by atoms with van der Waals surface area (Å²) in [6, 6.07) is 0. The lowest BCUT2D eigenvalue weighted by Crippen LogP contribution is -1.82. The number of hydrogen-bond donors (Lipinski definition) is 0. The molecule has 1 rings (SSSR count). The molecule has 0 saturated carbocycles. The van der Waals surface area contributed by atoms with Crippen LogP contribution in [0.3, 0.4) is 0 Å². The van der Waals surface area contributed by atoms with E-state index in [9.17, 15) is 0 Å². The first kappa shape index (κ1) is 8.92. The monoisotopic (exact) mass is 168 g/mol. The molecule has 0 bridgehead atoms. The summed E-state index contributed by atoms with van der Waals surface area (Å²) in [4.78, 5) is 0. The van der Waals surface area contributed by atoms with E-state index in [2.05, 4.69) is 25.2 Å². The maximum atomic E-state index is 2.33. The van der Waals surface area contributed by atoms with E-state index in [0.717, 1.165) is 6.42 Å². The molecule has 1 aliphatic rings. The molecular weight excluding hydrogens is 152 g/mol. The van der Waals surface area contributed by atoms with Gasteiger partial charge >= 0.3 is 0 Å². The van der Waals surface area contributed by atoms with Gasteiger partial charge in [-0.3, -0.25) is 0 Å². The Balaban J connectivity index is 1.99. The van der Waals surface area contributed by atoms with Crippen molar-refractivity contribution in [1.29, 1.82) is 0 Å². The van der Waals surface area contributed by atoms with Crippen LogP contribution in [0, 0.1) is 0 Å². The maximum absolute atomic E-state index is 2.33. The normalized spacial score (nSPS) is 15.5. The molecule has 0 N–H and O–H groups in total. The first-order valence-corrected chi connectivity index (χ1v) is 5.52. The topological polar surface area (TPSA) is 0 Å². The largest absolute Gasteiger partial charge is 0.162 e. The zero-order valence-electron chi connectivity index (χ0n) is 7.18. The zero-order chi connectivity index (χ0) is 7.94. The summed E-state index contributed by atoms with van der Waals surface area (Å²) in [6.45, 7) is 2.22. The quantitative estimate of drug-likeness (QED) is 0.567. The minimum Gasteiger partial charge on any atom is -0.162 e. The number of thioether (sulfide) groups is 1. The van der Waals surface area contributed by atoms with Crippen LogP contribution < -0.4 is 0 Å². The first-order chi connectivity index (χ1) is 5.43. The fraction of sp³-hybridized carbons (Fsp3) is 0.600. The van der Waals surface area contributed by atoms with Gasteiger partial charge < -0.3 is 0 Å². The summed E-state index contributed by atoms with van der Waals surface area (Å²) in [6.07, 6.45) is 10.6. The van der Waals surface area contributed by atoms with E-state index in [-0.39, 0.29) is 0 Å². The van der Waals surface area contributed by atoms with Gasteiger partial charge in [0.2, 0.25) is 0 Å². The van der Waals surface area contributed by atoms with Crippen molar-refractivity contribution in [2.45, 2.75) is 26.2 Å². The molecule has 11 heavy (non-hydrogen) atoms. The van der Waals surface area contributed by atoms with E-state index in [0.29, 0.717) is 0 Å². The first-order valence-electron chi connectivity index (χ1n) is 4.37. The number of allylic oxidation sites excluding steroid dienone is 4. The van der Waals surface area contributed by atoms with Gasteiger partial charge in [-0.05, 0) is 30.8 Å². The van der Waals surface area contributed by atoms with Crippen LogP contribution >= 0.6 is 11.8 Å². The predicted molar refractivity (Wildman–Crippen MR) is 54.1 cm³/mol. The molecule has 0 aliphatic heterocycles. The molecule has 0 amide bonds. The van der Waals surface area contributed by atoms with E-state index < -0.39 is 0 Å². The summed E-state index contributed by atoms with van der Waals surface area (Å²) in [5, 5.41) is 0. The second-order valence-electron chi connectivity index (χ2n) is 2.72. The Kier molecular flexibility index (Phi) is 4.44. The molecular formula is C10H16S. The fourth-order valence-electron chi connectivity index (χ4n) is 1.21. The van der Waals surface area contributed by atoms with Gasteiger partial charge in [-0.15, -0.1) is 0 Å². The Morgan fingerprint density at radius 3 is 3.09 bits per heavy atom. The molecule has 1 aliphatic carbocycles. The van der Waals surface area contributed by atoms with Crippen molar-refractivity contribution in [3.63, 3.8) is 0 Å². The van der Waals surface area contributed by atoms with Gasteiger partial charge in [0.25, 0.3) is 0 Å². The Morgan fingerprint density at radius 2 is 2.45 bits per heavy atom. The highest BCUT2D eigenvalue weighted by Crippen LogP contribution is 2.16. The predicted octanol–water partition coefficient (Wildman–Crippen LogP) is 3.41. The maximum Gasteiger partial charge on any atom is -0.00645 e. The summed E-state index contributed by atoms with van der Waals surface area (Å²) in [5.74, 6) is 2.58. The van der Waals surface area contributed by atoms with Crippen molar-refractivity contribution < 1.29 is 0 Å². The highest BCUT2D eigenvalue weighted by Gasteiger charge is 1.96. The number of hydrogen-bond acceptors (Lipinski definition) is 1. The average molecular weight is 168 g/mol. The second-order valence-corrected chi connectivity index (χ2v) is 4.11. The second kappa shape index (κ2) is 5.48. The van der Waals surface area contributed by atoms with Gasteiger partial charge in [-0.2, -0.15) is 11.8 Å². The lowest BCUT2D eigenvalue weighted by Gasteiger charge is -1.98. The van der Waals surface area contributed by atoms with E-state index in [4.69, 9.17) is 0 Å². The highest BCUT2D eigenvalue weighted by molar-refractivity contribution is 7.99. The van der Waals surface area contributed by atoms with Crippen LogP contribution in [-0.4, -0.2) is 11.5 Å². The Bertz CT molecular complexity index is 156. The molecule has 0 spiro atoms. The van der Waals surface area contributed by atoms with Crippen molar-refractivity contribution in [3.8, 4) is 0 Å². The van der Waals surface area contributed by atoms with Crippen molar-refractivity contribution in [2.24, 2.45) is 0 Å². The van der Waals surface area contributed by atoms with Crippen molar-refractivity contribution in [3.05, 3.63) is 23.8 Å². The standard InChI is InChI=1S/C10H16S/c1-2-11-9-5-8-10-6-3-4-7-10/h3,6-7H,2,4-5,8-9H2,1H3. The van der Waals surface area contributed by atoms with Crippen LogP contribution in [-0.2, 0) is 0 Å². The fourth-order valence-corrected chi connectivity index (χ4v) is 1.85. The van der Waals surface area contributed by atoms with Gasteiger partial charge in [-0.25, -0.2) is 0 Å². The van der Waals surface area contributed by atoms with Crippen LogP contribution in [0.2, 0.25) is 0 Å².